The zero-order valence-electron chi connectivity index (χ0n) is 23.6. The lowest BCUT2D eigenvalue weighted by Gasteiger charge is -2.30. The Kier molecular flexibility index (Phi) is 10.1. The van der Waals surface area contributed by atoms with E-state index in [0.29, 0.717) is 45.1 Å². The third-order valence-electron chi connectivity index (χ3n) is 7.34. The van der Waals surface area contributed by atoms with Gasteiger partial charge in [-0.15, -0.1) is 0 Å². The topological polar surface area (TPSA) is 151 Å². The number of nitrogens with zero attached hydrogens (tertiary/aromatic N) is 1. The van der Waals surface area contributed by atoms with Gasteiger partial charge in [0.15, 0.2) is 0 Å². The maximum Gasteiger partial charge on any atom is 0.408 e. The van der Waals surface area contributed by atoms with Crippen molar-refractivity contribution in [3.63, 3.8) is 0 Å². The Labute approximate surface area is 231 Å². The molecule has 2 heterocycles. The number of hydrogen-bond acceptors (Lipinski definition) is 7. The first-order valence-corrected chi connectivity index (χ1v) is 15.8. The number of nitrogens with one attached hydrogen (secondary N) is 3. The Hall–Kier alpha value is -2.63. The van der Waals surface area contributed by atoms with Crippen LogP contribution in [0.2, 0.25) is 0 Å². The van der Waals surface area contributed by atoms with Crippen LogP contribution >= 0.6 is 0 Å². The molecule has 1 aliphatic carbocycles. The molecule has 0 unspecified atom stereocenters. The molecule has 0 aromatic rings. The number of sulfonamides is 1. The molecule has 1 saturated carbocycles. The van der Waals surface area contributed by atoms with Gasteiger partial charge in [-0.25, -0.2) is 13.2 Å². The summed E-state index contributed by atoms with van der Waals surface area (Å²) in [5, 5.41) is 5.52. The SMILES string of the molecule is CCCCS(=O)(=O)NC(=O)[C@@]12C[C@H]1/C=C\CCCCC[C@H](NC(=O)OC(C)(C)C)C(=O)N1CCC[C@H]1C(=O)N2. The summed E-state index contributed by atoms with van der Waals surface area (Å²) >= 11 is 0. The van der Waals surface area contributed by atoms with Gasteiger partial charge in [0.1, 0.15) is 23.2 Å². The molecule has 0 bridgehead atoms. The van der Waals surface area contributed by atoms with Crippen LogP contribution in [0, 0.1) is 5.92 Å². The first-order valence-electron chi connectivity index (χ1n) is 14.1. The number of alkyl carbamates (subject to hydrolysis) is 1. The fourth-order valence-corrected chi connectivity index (χ4v) is 6.40. The number of carbonyl (C=O) groups excluding carboxylic acids is 4. The van der Waals surface area contributed by atoms with Gasteiger partial charge in [0, 0.05) is 12.5 Å². The molecule has 12 heteroatoms. The predicted molar refractivity (Wildman–Crippen MR) is 146 cm³/mol. The summed E-state index contributed by atoms with van der Waals surface area (Å²) in [5.41, 5.74) is -2.10. The molecule has 0 radical (unpaired) electrons. The number of carbonyl (C=O) groups is 4. The fraction of sp³-hybridized carbons (Fsp3) is 0.778. The van der Waals surface area contributed by atoms with Crippen molar-refractivity contribution < 1.29 is 32.3 Å². The molecule has 0 aromatic heterocycles. The van der Waals surface area contributed by atoms with Crippen LogP contribution in [0.15, 0.2) is 12.2 Å². The molecule has 4 atom stereocenters. The van der Waals surface area contributed by atoms with Gasteiger partial charge in [0.05, 0.1) is 5.75 Å². The highest BCUT2D eigenvalue weighted by Gasteiger charge is 2.61. The maximum atomic E-state index is 13.6. The highest BCUT2D eigenvalue weighted by molar-refractivity contribution is 7.90. The number of rotatable bonds is 6. The lowest BCUT2D eigenvalue weighted by Crippen LogP contribution is -2.58. The van der Waals surface area contributed by atoms with Crippen molar-refractivity contribution in [1.82, 2.24) is 20.3 Å². The van der Waals surface area contributed by atoms with Gasteiger partial charge >= 0.3 is 6.09 Å². The zero-order valence-corrected chi connectivity index (χ0v) is 24.4. The van der Waals surface area contributed by atoms with Crippen molar-refractivity contribution >= 4 is 33.8 Å². The van der Waals surface area contributed by atoms with Gasteiger partial charge in [0.2, 0.25) is 21.8 Å². The van der Waals surface area contributed by atoms with E-state index in [2.05, 4.69) is 15.4 Å². The second-order valence-corrected chi connectivity index (χ2v) is 13.7. The normalized spacial score (nSPS) is 29.1. The monoisotopic (exact) mass is 568 g/mol. The quantitative estimate of drug-likeness (QED) is 0.417. The fourth-order valence-electron chi connectivity index (χ4n) is 5.16. The van der Waals surface area contributed by atoms with Gasteiger partial charge in [-0.2, -0.15) is 0 Å². The molecular weight excluding hydrogens is 524 g/mol. The molecule has 0 aromatic carbocycles. The average molecular weight is 569 g/mol. The van der Waals surface area contributed by atoms with E-state index >= 15 is 0 Å². The highest BCUT2D eigenvalue weighted by atomic mass is 32.2. The smallest absolute Gasteiger partial charge is 0.408 e. The Morgan fingerprint density at radius 1 is 1.15 bits per heavy atom. The van der Waals surface area contributed by atoms with Crippen LogP contribution in [0.4, 0.5) is 4.79 Å². The molecule has 3 N–H and O–H groups in total. The molecule has 39 heavy (non-hydrogen) atoms. The third kappa shape index (κ3) is 8.43. The Morgan fingerprint density at radius 3 is 2.59 bits per heavy atom. The number of hydrogen-bond donors (Lipinski definition) is 3. The third-order valence-corrected chi connectivity index (χ3v) is 8.66. The van der Waals surface area contributed by atoms with E-state index in [1.54, 1.807) is 20.8 Å². The average Bonchev–Trinajstić information content (AvgIpc) is 3.29. The van der Waals surface area contributed by atoms with Crippen LogP contribution in [0.3, 0.4) is 0 Å². The molecule has 4 amide bonds. The van der Waals surface area contributed by atoms with Gasteiger partial charge in [0.25, 0.3) is 5.91 Å². The van der Waals surface area contributed by atoms with E-state index in [1.807, 2.05) is 19.1 Å². The highest BCUT2D eigenvalue weighted by Crippen LogP contribution is 2.45. The van der Waals surface area contributed by atoms with Crippen LogP contribution < -0.4 is 15.4 Å². The Morgan fingerprint density at radius 2 is 1.90 bits per heavy atom. The molecule has 220 valence electrons. The largest absolute Gasteiger partial charge is 0.444 e. The van der Waals surface area contributed by atoms with E-state index < -0.39 is 51.2 Å². The van der Waals surface area contributed by atoms with Crippen molar-refractivity contribution in [2.45, 2.75) is 115 Å². The van der Waals surface area contributed by atoms with Crippen LogP contribution in [-0.2, 0) is 29.1 Å². The molecule has 3 aliphatic rings. The first-order chi connectivity index (χ1) is 18.3. The number of amides is 4. The molecule has 11 nitrogen and oxygen atoms in total. The summed E-state index contributed by atoms with van der Waals surface area (Å²) in [6.45, 7) is 7.43. The van der Waals surface area contributed by atoms with Crippen LogP contribution in [0.1, 0.15) is 91.9 Å². The summed E-state index contributed by atoms with van der Waals surface area (Å²) in [6, 6.07) is -1.67. The van der Waals surface area contributed by atoms with Crippen molar-refractivity contribution in [3.8, 4) is 0 Å². The van der Waals surface area contributed by atoms with Crippen molar-refractivity contribution in [2.24, 2.45) is 5.92 Å². The molecule has 2 aliphatic heterocycles. The van der Waals surface area contributed by atoms with E-state index in [9.17, 15) is 27.6 Å². The standard InChI is InChI=1S/C27H44N4O7S/c1-5-6-17-39(36,37)30-24(34)27-18-19(27)13-10-8-7-9-11-14-20(28-25(35)38-26(2,3)4)23(33)31-16-12-15-21(31)22(32)29-27/h10,13,19-21H,5-9,11-12,14-18H2,1-4H3,(H,28,35)(H,29,32)(H,30,34)/b13-10-/t19-,20+,21+,27-/m1/s1. The Balaban J connectivity index is 1.82. The zero-order chi connectivity index (χ0) is 28.8. The van der Waals surface area contributed by atoms with E-state index in [-0.39, 0.29) is 24.0 Å². The Bertz CT molecular complexity index is 1070. The minimum absolute atomic E-state index is 0.170. The van der Waals surface area contributed by atoms with E-state index in [4.69, 9.17) is 4.74 Å². The summed E-state index contributed by atoms with van der Waals surface area (Å²) in [5.74, 6) is -2.11. The van der Waals surface area contributed by atoms with E-state index in [1.165, 1.54) is 4.90 Å². The second-order valence-electron chi connectivity index (χ2n) is 11.8. The lowest BCUT2D eigenvalue weighted by atomic mass is 10.0. The first kappa shape index (κ1) is 30.9. The summed E-state index contributed by atoms with van der Waals surface area (Å²) < 4.78 is 32.5. The van der Waals surface area contributed by atoms with Gasteiger partial charge in [-0.1, -0.05) is 38.3 Å². The van der Waals surface area contributed by atoms with E-state index in [0.717, 1.165) is 19.3 Å². The number of unbranched alkanes of at least 4 members (excludes halogenated alkanes) is 1. The number of ether oxygens (including phenoxy) is 1. The molecule has 1 saturated heterocycles. The molecule has 3 rings (SSSR count). The van der Waals surface area contributed by atoms with Gasteiger partial charge in [-0.05, 0) is 65.7 Å². The van der Waals surface area contributed by atoms with Crippen molar-refractivity contribution in [3.05, 3.63) is 12.2 Å². The number of fused-ring (bicyclic) bond motifs is 2. The predicted octanol–water partition coefficient (Wildman–Crippen LogP) is 2.51. The number of allylic oxidation sites excluding steroid dienone is 1. The van der Waals surface area contributed by atoms with Crippen LogP contribution in [-0.4, -0.2) is 72.7 Å². The molecule has 2 fully saturated rings. The molecule has 0 spiro atoms. The minimum atomic E-state index is -3.84. The summed E-state index contributed by atoms with van der Waals surface area (Å²) in [6.07, 6.45) is 9.05. The summed E-state index contributed by atoms with van der Waals surface area (Å²) in [7, 11) is -3.84. The second kappa shape index (κ2) is 12.7. The minimum Gasteiger partial charge on any atom is -0.444 e. The maximum absolute atomic E-state index is 13.6. The van der Waals surface area contributed by atoms with Crippen molar-refractivity contribution in [1.29, 1.82) is 0 Å². The lowest BCUT2D eigenvalue weighted by molar-refractivity contribution is -0.141. The summed E-state index contributed by atoms with van der Waals surface area (Å²) in [4.78, 5) is 54.3. The van der Waals surface area contributed by atoms with Crippen molar-refractivity contribution in [2.75, 3.05) is 12.3 Å². The van der Waals surface area contributed by atoms with Crippen LogP contribution in [0.5, 0.6) is 0 Å². The van der Waals surface area contributed by atoms with Crippen LogP contribution in [0.25, 0.3) is 0 Å². The van der Waals surface area contributed by atoms with Gasteiger partial charge in [-0.3, -0.25) is 19.1 Å². The van der Waals surface area contributed by atoms with Gasteiger partial charge < -0.3 is 20.3 Å². The molecular formula is C27H44N4O7S.